The number of urea groups is 1. The van der Waals surface area contributed by atoms with Gasteiger partial charge in [0.25, 0.3) is 0 Å². The van der Waals surface area contributed by atoms with Gasteiger partial charge in [-0.2, -0.15) is 0 Å². The number of aromatic nitrogens is 3. The average molecular weight is 407 g/mol. The lowest BCUT2D eigenvalue weighted by Crippen LogP contribution is -2.42. The fraction of sp³-hybridized carbons (Fsp3) is 0.556. The molecule has 0 aromatic carbocycles. The molecule has 1 fully saturated rings. The number of amides is 3. The second kappa shape index (κ2) is 9.13. The van der Waals surface area contributed by atoms with Crippen LogP contribution in [0.2, 0.25) is 0 Å². The SMILES string of the molecule is CC(C)[C@@H](Sc1nnc(N2CCCCC2)n1Cc1ccco1)C(=O)NC(N)=O. The van der Waals surface area contributed by atoms with Gasteiger partial charge >= 0.3 is 6.03 Å². The molecule has 28 heavy (non-hydrogen) atoms. The molecule has 1 aliphatic rings. The molecule has 152 valence electrons. The number of rotatable bonds is 7. The molecule has 10 heteroatoms. The molecule has 0 aliphatic carbocycles. The highest BCUT2D eigenvalue weighted by molar-refractivity contribution is 8.00. The predicted molar refractivity (Wildman–Crippen MR) is 106 cm³/mol. The molecule has 2 aromatic rings. The van der Waals surface area contributed by atoms with Crippen molar-refractivity contribution in [1.82, 2.24) is 20.1 Å². The maximum absolute atomic E-state index is 12.4. The highest BCUT2D eigenvalue weighted by atomic mass is 32.2. The molecule has 0 saturated carbocycles. The Balaban J connectivity index is 1.89. The predicted octanol–water partition coefficient (Wildman–Crippen LogP) is 2.22. The lowest BCUT2D eigenvalue weighted by Gasteiger charge is -2.28. The fourth-order valence-electron chi connectivity index (χ4n) is 3.19. The van der Waals surface area contributed by atoms with Crippen LogP contribution >= 0.6 is 11.8 Å². The van der Waals surface area contributed by atoms with Crippen molar-refractivity contribution in [1.29, 1.82) is 0 Å². The number of carbonyl (C=O) groups is 2. The zero-order chi connectivity index (χ0) is 20.1. The minimum Gasteiger partial charge on any atom is -0.467 e. The average Bonchev–Trinajstić information content (AvgIpc) is 3.30. The molecule has 0 bridgehead atoms. The first-order valence-corrected chi connectivity index (χ1v) is 10.3. The molecule has 1 atom stereocenters. The van der Waals surface area contributed by atoms with E-state index in [9.17, 15) is 9.59 Å². The Morgan fingerprint density at radius 3 is 2.64 bits per heavy atom. The number of nitrogens with two attached hydrogens (primary N) is 1. The summed E-state index contributed by atoms with van der Waals surface area (Å²) in [7, 11) is 0. The van der Waals surface area contributed by atoms with Gasteiger partial charge in [0.15, 0.2) is 5.16 Å². The molecule has 3 N–H and O–H groups in total. The number of nitrogens with one attached hydrogen (secondary N) is 1. The van der Waals surface area contributed by atoms with Crippen LogP contribution in [-0.4, -0.2) is 45.0 Å². The number of anilines is 1. The third-order valence-corrected chi connectivity index (χ3v) is 6.10. The van der Waals surface area contributed by atoms with Gasteiger partial charge in [-0.25, -0.2) is 4.79 Å². The Labute approximate surface area is 168 Å². The largest absolute Gasteiger partial charge is 0.467 e. The van der Waals surface area contributed by atoms with E-state index in [1.54, 1.807) is 6.26 Å². The van der Waals surface area contributed by atoms with Crippen LogP contribution in [0.25, 0.3) is 0 Å². The molecule has 3 heterocycles. The van der Waals surface area contributed by atoms with Crippen LogP contribution in [0.15, 0.2) is 28.0 Å². The number of hydrogen-bond donors (Lipinski definition) is 2. The summed E-state index contributed by atoms with van der Waals surface area (Å²) in [5.41, 5.74) is 5.11. The Bertz CT molecular complexity index is 798. The molecule has 0 radical (unpaired) electrons. The van der Waals surface area contributed by atoms with Crippen molar-refractivity contribution >= 4 is 29.6 Å². The van der Waals surface area contributed by atoms with E-state index in [0.29, 0.717) is 11.7 Å². The molecular weight excluding hydrogens is 380 g/mol. The fourth-order valence-corrected chi connectivity index (χ4v) is 4.22. The van der Waals surface area contributed by atoms with E-state index in [1.165, 1.54) is 18.2 Å². The van der Waals surface area contributed by atoms with Crippen molar-refractivity contribution < 1.29 is 14.0 Å². The van der Waals surface area contributed by atoms with Gasteiger partial charge in [-0.3, -0.25) is 14.7 Å². The summed E-state index contributed by atoms with van der Waals surface area (Å²) in [6.07, 6.45) is 5.08. The van der Waals surface area contributed by atoms with Gasteiger partial charge in [-0.05, 0) is 37.3 Å². The smallest absolute Gasteiger partial charge is 0.318 e. The summed E-state index contributed by atoms with van der Waals surface area (Å²) in [6.45, 7) is 6.15. The van der Waals surface area contributed by atoms with Crippen molar-refractivity contribution in [3.05, 3.63) is 24.2 Å². The second-order valence-corrected chi connectivity index (χ2v) is 8.24. The molecule has 0 unspecified atom stereocenters. The Morgan fingerprint density at radius 1 is 1.29 bits per heavy atom. The van der Waals surface area contributed by atoms with Crippen LogP contribution in [-0.2, 0) is 11.3 Å². The van der Waals surface area contributed by atoms with E-state index in [2.05, 4.69) is 20.4 Å². The van der Waals surface area contributed by atoms with Crippen LogP contribution in [0, 0.1) is 5.92 Å². The maximum atomic E-state index is 12.4. The summed E-state index contributed by atoms with van der Waals surface area (Å²) in [5, 5.41) is 11.0. The lowest BCUT2D eigenvalue weighted by atomic mass is 10.1. The van der Waals surface area contributed by atoms with Gasteiger partial charge in [0, 0.05) is 13.1 Å². The van der Waals surface area contributed by atoms with Crippen molar-refractivity contribution in [2.45, 2.75) is 50.1 Å². The normalized spacial score (nSPS) is 15.6. The van der Waals surface area contributed by atoms with Crippen molar-refractivity contribution in [2.24, 2.45) is 11.7 Å². The monoisotopic (exact) mass is 406 g/mol. The molecular formula is C18H26N6O3S. The number of carbonyl (C=O) groups excluding carboxylic acids is 2. The quantitative estimate of drug-likeness (QED) is 0.677. The highest BCUT2D eigenvalue weighted by Crippen LogP contribution is 2.31. The van der Waals surface area contributed by atoms with Gasteiger partial charge in [0.2, 0.25) is 11.9 Å². The minimum atomic E-state index is -0.859. The number of piperidine rings is 1. The van der Waals surface area contributed by atoms with Crippen LogP contribution < -0.4 is 16.0 Å². The van der Waals surface area contributed by atoms with E-state index in [-0.39, 0.29) is 5.92 Å². The lowest BCUT2D eigenvalue weighted by molar-refractivity contribution is -0.120. The number of hydrogen-bond acceptors (Lipinski definition) is 7. The van der Waals surface area contributed by atoms with E-state index in [1.807, 2.05) is 30.5 Å². The minimum absolute atomic E-state index is 0.0310. The Hall–Kier alpha value is -2.49. The van der Waals surface area contributed by atoms with E-state index in [4.69, 9.17) is 10.2 Å². The highest BCUT2D eigenvalue weighted by Gasteiger charge is 2.29. The first kappa shape index (κ1) is 20.2. The van der Waals surface area contributed by atoms with Crippen molar-refractivity contribution in [2.75, 3.05) is 18.0 Å². The summed E-state index contributed by atoms with van der Waals surface area (Å²) in [5.74, 6) is 1.09. The molecule has 9 nitrogen and oxygen atoms in total. The standard InChI is InChI=1S/C18H26N6O3S/c1-12(2)14(15(25)20-16(19)26)28-18-22-21-17(23-8-4-3-5-9-23)24(18)11-13-7-6-10-27-13/h6-7,10,12,14H,3-5,8-9,11H2,1-2H3,(H3,19,20,25,26)/t14-/m1/s1. The van der Waals surface area contributed by atoms with Crippen molar-refractivity contribution in [3.8, 4) is 0 Å². The van der Waals surface area contributed by atoms with Gasteiger partial charge in [-0.1, -0.05) is 25.6 Å². The maximum Gasteiger partial charge on any atom is 0.318 e. The Kier molecular flexibility index (Phi) is 6.61. The summed E-state index contributed by atoms with van der Waals surface area (Å²) in [4.78, 5) is 25.7. The van der Waals surface area contributed by atoms with Gasteiger partial charge < -0.3 is 15.1 Å². The topological polar surface area (TPSA) is 119 Å². The first-order chi connectivity index (χ1) is 13.5. The van der Waals surface area contributed by atoms with Gasteiger partial charge in [0.1, 0.15) is 5.76 Å². The second-order valence-electron chi connectivity index (χ2n) is 7.13. The molecule has 3 rings (SSSR count). The third-order valence-electron chi connectivity index (χ3n) is 4.57. The van der Waals surface area contributed by atoms with Crippen LogP contribution in [0.3, 0.4) is 0 Å². The number of imide groups is 1. The Morgan fingerprint density at radius 2 is 2.04 bits per heavy atom. The molecule has 2 aromatic heterocycles. The van der Waals surface area contributed by atoms with E-state index >= 15 is 0 Å². The van der Waals surface area contributed by atoms with Crippen LogP contribution in [0.5, 0.6) is 0 Å². The van der Waals surface area contributed by atoms with Crippen molar-refractivity contribution in [3.63, 3.8) is 0 Å². The summed E-state index contributed by atoms with van der Waals surface area (Å²) < 4.78 is 7.49. The zero-order valence-electron chi connectivity index (χ0n) is 16.1. The number of nitrogens with zero attached hydrogens (tertiary/aromatic N) is 4. The molecule has 0 spiro atoms. The zero-order valence-corrected chi connectivity index (χ0v) is 16.9. The molecule has 1 aliphatic heterocycles. The van der Waals surface area contributed by atoms with Gasteiger partial charge in [-0.15, -0.1) is 10.2 Å². The van der Waals surface area contributed by atoms with Crippen LogP contribution in [0.1, 0.15) is 38.9 Å². The molecule has 3 amide bonds. The number of thioether (sulfide) groups is 1. The molecule has 1 saturated heterocycles. The van der Waals surface area contributed by atoms with Crippen LogP contribution in [0.4, 0.5) is 10.7 Å². The third kappa shape index (κ3) is 4.86. The first-order valence-electron chi connectivity index (χ1n) is 9.43. The summed E-state index contributed by atoms with van der Waals surface area (Å²) >= 11 is 1.28. The van der Waals surface area contributed by atoms with E-state index in [0.717, 1.165) is 37.6 Å². The number of furan rings is 1. The van der Waals surface area contributed by atoms with Gasteiger partial charge in [0.05, 0.1) is 18.1 Å². The van der Waals surface area contributed by atoms with E-state index < -0.39 is 17.2 Å². The summed E-state index contributed by atoms with van der Waals surface area (Å²) in [6, 6.07) is 2.88. The number of primary amides is 1.